The maximum atomic E-state index is 13.1. The molecular weight excluding hydrogens is 459 g/mol. The molecule has 0 radical (unpaired) electrons. The van der Waals surface area contributed by atoms with Crippen LogP contribution < -0.4 is 10.6 Å². The molecule has 4 rings (SSSR count). The molecule has 0 saturated carbocycles. The highest BCUT2D eigenvalue weighted by Gasteiger charge is 2.32. The summed E-state index contributed by atoms with van der Waals surface area (Å²) in [6.45, 7) is 1.04. The first-order chi connectivity index (χ1) is 16.7. The van der Waals surface area contributed by atoms with Gasteiger partial charge in [-0.1, -0.05) is 36.4 Å². The largest absolute Gasteiger partial charge is 0.416 e. The third-order valence-electron chi connectivity index (χ3n) is 5.64. The molecular formula is C26H22F3N3O3. The van der Waals surface area contributed by atoms with Crippen LogP contribution in [0, 0.1) is 6.92 Å². The predicted molar refractivity (Wildman–Crippen MR) is 126 cm³/mol. The quantitative estimate of drug-likeness (QED) is 0.305. The van der Waals surface area contributed by atoms with E-state index < -0.39 is 23.6 Å². The second-order valence-electron chi connectivity index (χ2n) is 8.11. The summed E-state index contributed by atoms with van der Waals surface area (Å²) < 4.78 is 39.3. The molecule has 0 atom stereocenters. The molecule has 0 saturated heterocycles. The molecule has 0 aliphatic carbocycles. The van der Waals surface area contributed by atoms with Crippen LogP contribution in [0.25, 0.3) is 22.0 Å². The van der Waals surface area contributed by atoms with Gasteiger partial charge in [-0.15, -0.1) is 0 Å². The van der Waals surface area contributed by atoms with Gasteiger partial charge in [0.1, 0.15) is 0 Å². The average molecular weight is 481 g/mol. The average Bonchev–Trinajstić information content (AvgIpc) is 3.24. The van der Waals surface area contributed by atoms with Crippen LogP contribution in [0.2, 0.25) is 0 Å². The van der Waals surface area contributed by atoms with Gasteiger partial charge in [-0.2, -0.15) is 13.2 Å². The number of aliphatic hydroxyl groups excluding tert-OH is 1. The number of amides is 2. The lowest BCUT2D eigenvalue weighted by Crippen LogP contribution is -2.35. The van der Waals surface area contributed by atoms with Crippen molar-refractivity contribution in [1.29, 1.82) is 0 Å². The number of nitrogens with one attached hydrogen (secondary N) is 3. The molecule has 0 bridgehead atoms. The van der Waals surface area contributed by atoms with Gasteiger partial charge in [0, 0.05) is 23.6 Å². The van der Waals surface area contributed by atoms with Crippen molar-refractivity contribution in [2.45, 2.75) is 26.3 Å². The standard InChI is InChI=1S/C26H22F3N3O3/c1-15-5-6-16(10-21(15)26(27,28)29)12-31-24(34)25(35)32-23-13-30-22-8-7-19(11-20(22)23)18-4-2-3-17(9-18)14-33/h2-11,13,30,33H,12,14H2,1H3,(H,31,34)(H,32,35). The van der Waals surface area contributed by atoms with Crippen LogP contribution in [0.5, 0.6) is 0 Å². The van der Waals surface area contributed by atoms with Crippen molar-refractivity contribution in [2.75, 3.05) is 5.32 Å². The van der Waals surface area contributed by atoms with Gasteiger partial charge in [-0.3, -0.25) is 9.59 Å². The Labute approximate surface area is 198 Å². The zero-order valence-electron chi connectivity index (χ0n) is 18.7. The van der Waals surface area contributed by atoms with E-state index in [1.807, 2.05) is 42.5 Å². The minimum absolute atomic E-state index is 0.0760. The molecule has 1 heterocycles. The van der Waals surface area contributed by atoms with Crippen LogP contribution in [-0.4, -0.2) is 21.9 Å². The summed E-state index contributed by atoms with van der Waals surface area (Å²) in [6, 6.07) is 16.7. The number of aromatic amines is 1. The van der Waals surface area contributed by atoms with E-state index in [4.69, 9.17) is 0 Å². The van der Waals surface area contributed by atoms with Crippen LogP contribution in [-0.2, 0) is 28.9 Å². The van der Waals surface area contributed by atoms with Gasteiger partial charge in [0.05, 0.1) is 17.9 Å². The summed E-state index contributed by atoms with van der Waals surface area (Å²) in [5.74, 6) is -1.91. The van der Waals surface area contributed by atoms with Crippen LogP contribution in [0.4, 0.5) is 18.9 Å². The van der Waals surface area contributed by atoms with Gasteiger partial charge in [0.25, 0.3) is 0 Å². The number of hydrogen-bond acceptors (Lipinski definition) is 3. The fourth-order valence-electron chi connectivity index (χ4n) is 3.78. The van der Waals surface area contributed by atoms with E-state index in [2.05, 4.69) is 15.6 Å². The SMILES string of the molecule is Cc1ccc(CNC(=O)C(=O)Nc2c[nH]c3ccc(-c4cccc(CO)c4)cc23)cc1C(F)(F)F. The molecule has 9 heteroatoms. The fourth-order valence-corrected chi connectivity index (χ4v) is 3.78. The Morgan fingerprint density at radius 2 is 1.71 bits per heavy atom. The lowest BCUT2D eigenvalue weighted by atomic mass is 10.0. The number of H-pyrrole nitrogens is 1. The van der Waals surface area contributed by atoms with E-state index in [1.165, 1.54) is 19.1 Å². The summed E-state index contributed by atoms with van der Waals surface area (Å²) in [7, 11) is 0. The van der Waals surface area contributed by atoms with Crippen molar-refractivity contribution in [3.05, 3.63) is 89.1 Å². The maximum absolute atomic E-state index is 13.1. The van der Waals surface area contributed by atoms with Gasteiger partial charge in [0.15, 0.2) is 0 Å². The number of hydrogen-bond donors (Lipinski definition) is 4. The number of benzene rings is 3. The van der Waals surface area contributed by atoms with Crippen molar-refractivity contribution < 1.29 is 27.9 Å². The van der Waals surface area contributed by atoms with Crippen LogP contribution >= 0.6 is 0 Å². The minimum Gasteiger partial charge on any atom is -0.392 e. The highest BCUT2D eigenvalue weighted by Crippen LogP contribution is 2.32. The van der Waals surface area contributed by atoms with Crippen LogP contribution in [0.3, 0.4) is 0 Å². The fraction of sp³-hybridized carbons (Fsp3) is 0.154. The van der Waals surface area contributed by atoms with Crippen molar-refractivity contribution in [2.24, 2.45) is 0 Å². The highest BCUT2D eigenvalue weighted by molar-refractivity contribution is 6.40. The highest BCUT2D eigenvalue weighted by atomic mass is 19.4. The molecule has 35 heavy (non-hydrogen) atoms. The lowest BCUT2D eigenvalue weighted by molar-refractivity contribution is -0.138. The molecule has 1 aromatic heterocycles. The van der Waals surface area contributed by atoms with Gasteiger partial charge in [0.2, 0.25) is 0 Å². The molecule has 180 valence electrons. The zero-order chi connectivity index (χ0) is 25.2. The van der Waals surface area contributed by atoms with Crippen LogP contribution in [0.15, 0.2) is 66.9 Å². The van der Waals surface area contributed by atoms with E-state index in [9.17, 15) is 27.9 Å². The number of aliphatic hydroxyl groups is 1. The molecule has 0 aliphatic rings. The molecule has 3 aromatic carbocycles. The van der Waals surface area contributed by atoms with Crippen molar-refractivity contribution in [3.63, 3.8) is 0 Å². The lowest BCUT2D eigenvalue weighted by Gasteiger charge is -2.12. The Hall–Kier alpha value is -4.11. The van der Waals surface area contributed by atoms with Gasteiger partial charge in [-0.25, -0.2) is 0 Å². The van der Waals surface area contributed by atoms with E-state index in [0.29, 0.717) is 11.1 Å². The first-order valence-corrected chi connectivity index (χ1v) is 10.7. The summed E-state index contributed by atoms with van der Waals surface area (Å²) in [6.07, 6.45) is -2.95. The molecule has 4 aromatic rings. The van der Waals surface area contributed by atoms with E-state index in [0.717, 1.165) is 28.3 Å². The summed E-state index contributed by atoms with van der Waals surface area (Å²) in [4.78, 5) is 27.8. The zero-order valence-corrected chi connectivity index (χ0v) is 18.7. The Balaban J connectivity index is 1.47. The van der Waals surface area contributed by atoms with Gasteiger partial charge < -0.3 is 20.7 Å². The molecule has 6 nitrogen and oxygen atoms in total. The Bertz CT molecular complexity index is 1410. The number of halogens is 3. The number of carbonyl (C=O) groups is 2. The molecule has 2 amide bonds. The molecule has 0 unspecified atom stereocenters. The van der Waals surface area contributed by atoms with Crippen molar-refractivity contribution >= 4 is 28.4 Å². The molecule has 0 spiro atoms. The van der Waals surface area contributed by atoms with Gasteiger partial charge >= 0.3 is 18.0 Å². The number of carbonyl (C=O) groups excluding carboxylic acids is 2. The number of anilines is 1. The number of aryl methyl sites for hydroxylation is 1. The van der Waals surface area contributed by atoms with E-state index >= 15 is 0 Å². The maximum Gasteiger partial charge on any atom is 0.416 e. The second-order valence-corrected chi connectivity index (χ2v) is 8.11. The number of rotatable bonds is 5. The van der Waals surface area contributed by atoms with Crippen LogP contribution in [0.1, 0.15) is 22.3 Å². The Morgan fingerprint density at radius 3 is 2.46 bits per heavy atom. The Kier molecular flexibility index (Phi) is 6.61. The number of alkyl halides is 3. The second kappa shape index (κ2) is 9.63. The summed E-state index contributed by atoms with van der Waals surface area (Å²) in [5.41, 5.74) is 3.14. The van der Waals surface area contributed by atoms with Crippen molar-refractivity contribution in [3.8, 4) is 11.1 Å². The molecule has 0 fully saturated rings. The Morgan fingerprint density at radius 1 is 0.943 bits per heavy atom. The van der Waals surface area contributed by atoms with E-state index in [1.54, 1.807) is 6.20 Å². The van der Waals surface area contributed by atoms with Crippen molar-refractivity contribution in [1.82, 2.24) is 10.3 Å². The first kappa shape index (κ1) is 24.0. The smallest absolute Gasteiger partial charge is 0.392 e. The summed E-state index contributed by atoms with van der Waals surface area (Å²) >= 11 is 0. The first-order valence-electron chi connectivity index (χ1n) is 10.7. The third-order valence-corrected chi connectivity index (χ3v) is 5.64. The topological polar surface area (TPSA) is 94.2 Å². The van der Waals surface area contributed by atoms with Gasteiger partial charge in [-0.05, 0) is 59.0 Å². The monoisotopic (exact) mass is 481 g/mol. The van der Waals surface area contributed by atoms with E-state index in [-0.39, 0.29) is 24.3 Å². The molecule has 4 N–H and O–H groups in total. The third kappa shape index (κ3) is 5.36. The minimum atomic E-state index is -4.50. The predicted octanol–water partition coefficient (Wildman–Crippen LogP) is 4.91. The molecule has 0 aliphatic heterocycles. The number of aromatic nitrogens is 1. The normalized spacial score (nSPS) is 11.5. The summed E-state index contributed by atoms with van der Waals surface area (Å²) in [5, 5.41) is 15.0. The number of fused-ring (bicyclic) bond motifs is 1.